The maximum atomic E-state index is 9.89. The van der Waals surface area contributed by atoms with Crippen LogP contribution in [0.25, 0.3) is 0 Å². The van der Waals surface area contributed by atoms with Gasteiger partial charge >= 0.3 is 0 Å². The molecule has 0 aliphatic rings. The monoisotopic (exact) mass is 222 g/mol. The average molecular weight is 222 g/mol. The lowest BCUT2D eigenvalue weighted by molar-refractivity contribution is 0.129. The van der Waals surface area contributed by atoms with E-state index in [1.54, 1.807) is 0 Å². The van der Waals surface area contributed by atoms with Crippen LogP contribution in [0.4, 0.5) is 0 Å². The van der Waals surface area contributed by atoms with E-state index < -0.39 is 0 Å². The smallest absolute Gasteiger partial charge is 0.120 e. The van der Waals surface area contributed by atoms with Gasteiger partial charge in [-0.2, -0.15) is 0 Å². The van der Waals surface area contributed by atoms with Crippen molar-refractivity contribution in [2.75, 3.05) is 0 Å². The Morgan fingerprint density at radius 1 is 1.31 bits per heavy atom. The summed E-state index contributed by atoms with van der Waals surface area (Å²) < 4.78 is 5.76. The maximum absolute atomic E-state index is 9.89. The lowest BCUT2D eigenvalue weighted by Crippen LogP contribution is -2.23. The third kappa shape index (κ3) is 4.23. The summed E-state index contributed by atoms with van der Waals surface area (Å²) in [6.07, 6.45) is 1.39. The van der Waals surface area contributed by atoms with E-state index in [1.807, 2.05) is 45.0 Å². The Balaban J connectivity index is 2.78. The van der Waals surface area contributed by atoms with Crippen LogP contribution in [0.15, 0.2) is 24.3 Å². The highest BCUT2D eigenvalue weighted by atomic mass is 16.5. The SMILES string of the molecule is CCCC(O)c1cccc(OC(C)(C)C)c1. The molecule has 1 unspecified atom stereocenters. The van der Waals surface area contributed by atoms with Crippen LogP contribution >= 0.6 is 0 Å². The average Bonchev–Trinajstić information content (AvgIpc) is 2.16. The van der Waals surface area contributed by atoms with Gasteiger partial charge in [-0.3, -0.25) is 0 Å². The molecule has 1 aromatic carbocycles. The second-order valence-electron chi connectivity index (χ2n) is 5.09. The van der Waals surface area contributed by atoms with Gasteiger partial charge in [0.1, 0.15) is 11.4 Å². The van der Waals surface area contributed by atoms with Gasteiger partial charge in [0.2, 0.25) is 0 Å². The molecule has 0 spiro atoms. The normalized spacial score (nSPS) is 13.6. The molecular formula is C14H22O2. The molecule has 0 aliphatic heterocycles. The molecule has 0 bridgehead atoms. The van der Waals surface area contributed by atoms with E-state index in [9.17, 15) is 5.11 Å². The molecule has 0 saturated carbocycles. The predicted octanol–water partition coefficient (Wildman–Crippen LogP) is 3.70. The Morgan fingerprint density at radius 2 is 2.00 bits per heavy atom. The quantitative estimate of drug-likeness (QED) is 0.841. The molecule has 0 heterocycles. The summed E-state index contributed by atoms with van der Waals surface area (Å²) in [5.41, 5.74) is 0.734. The van der Waals surface area contributed by atoms with Gasteiger partial charge in [0.25, 0.3) is 0 Å². The van der Waals surface area contributed by atoms with Gasteiger partial charge in [0.15, 0.2) is 0 Å². The molecule has 2 heteroatoms. The van der Waals surface area contributed by atoms with Gasteiger partial charge in [-0.15, -0.1) is 0 Å². The number of aliphatic hydroxyl groups excluding tert-OH is 1. The van der Waals surface area contributed by atoms with Gasteiger partial charge < -0.3 is 9.84 Å². The Labute approximate surface area is 98.3 Å². The van der Waals surface area contributed by atoms with Crippen LogP contribution in [0.5, 0.6) is 5.75 Å². The van der Waals surface area contributed by atoms with E-state index in [0.717, 1.165) is 24.2 Å². The molecule has 1 N–H and O–H groups in total. The Bertz CT molecular complexity index is 326. The third-order valence-electron chi connectivity index (χ3n) is 2.23. The van der Waals surface area contributed by atoms with E-state index in [4.69, 9.17) is 4.74 Å². The lowest BCUT2D eigenvalue weighted by atomic mass is 10.1. The molecule has 0 amide bonds. The second kappa shape index (κ2) is 5.35. The van der Waals surface area contributed by atoms with Crippen LogP contribution in [-0.2, 0) is 0 Å². The summed E-state index contributed by atoms with van der Waals surface area (Å²) >= 11 is 0. The molecular weight excluding hydrogens is 200 g/mol. The van der Waals surface area contributed by atoms with E-state index in [0.29, 0.717) is 0 Å². The molecule has 1 aromatic rings. The summed E-state index contributed by atoms with van der Waals surface area (Å²) in [6.45, 7) is 8.12. The van der Waals surface area contributed by atoms with Crippen molar-refractivity contribution >= 4 is 0 Å². The third-order valence-corrected chi connectivity index (χ3v) is 2.23. The molecule has 16 heavy (non-hydrogen) atoms. The largest absolute Gasteiger partial charge is 0.488 e. The van der Waals surface area contributed by atoms with Gasteiger partial charge in [-0.05, 0) is 44.9 Å². The van der Waals surface area contributed by atoms with Crippen molar-refractivity contribution in [3.05, 3.63) is 29.8 Å². The summed E-state index contributed by atoms with van der Waals surface area (Å²) in [6, 6.07) is 7.71. The van der Waals surface area contributed by atoms with Crippen molar-refractivity contribution < 1.29 is 9.84 Å². The fourth-order valence-corrected chi connectivity index (χ4v) is 1.58. The van der Waals surface area contributed by atoms with Crippen molar-refractivity contribution in [1.82, 2.24) is 0 Å². The summed E-state index contributed by atoms with van der Waals surface area (Å²) in [4.78, 5) is 0. The first-order valence-electron chi connectivity index (χ1n) is 5.89. The van der Waals surface area contributed by atoms with Crippen LogP contribution in [0.3, 0.4) is 0 Å². The molecule has 90 valence electrons. The molecule has 1 atom stereocenters. The molecule has 0 aromatic heterocycles. The van der Waals surface area contributed by atoms with Crippen LogP contribution in [0.2, 0.25) is 0 Å². The molecule has 0 fully saturated rings. The summed E-state index contributed by atoms with van der Waals surface area (Å²) in [5, 5.41) is 9.89. The molecule has 0 aliphatic carbocycles. The van der Waals surface area contributed by atoms with E-state index in [-0.39, 0.29) is 11.7 Å². The molecule has 2 nitrogen and oxygen atoms in total. The Morgan fingerprint density at radius 3 is 2.56 bits per heavy atom. The first-order chi connectivity index (χ1) is 7.42. The zero-order chi connectivity index (χ0) is 12.2. The Hall–Kier alpha value is -1.02. The number of rotatable bonds is 4. The topological polar surface area (TPSA) is 29.5 Å². The fraction of sp³-hybridized carbons (Fsp3) is 0.571. The van der Waals surface area contributed by atoms with Crippen LogP contribution in [-0.4, -0.2) is 10.7 Å². The van der Waals surface area contributed by atoms with Gasteiger partial charge in [-0.1, -0.05) is 25.5 Å². The molecule has 1 rings (SSSR count). The van der Waals surface area contributed by atoms with Gasteiger partial charge in [-0.25, -0.2) is 0 Å². The van der Waals surface area contributed by atoms with Crippen molar-refractivity contribution in [1.29, 1.82) is 0 Å². The predicted molar refractivity (Wildman–Crippen MR) is 66.7 cm³/mol. The van der Waals surface area contributed by atoms with Crippen molar-refractivity contribution in [3.8, 4) is 5.75 Å². The van der Waals surface area contributed by atoms with Gasteiger partial charge in [0.05, 0.1) is 6.10 Å². The van der Waals surface area contributed by atoms with Crippen LogP contribution in [0, 0.1) is 0 Å². The van der Waals surface area contributed by atoms with Crippen molar-refractivity contribution in [2.24, 2.45) is 0 Å². The van der Waals surface area contributed by atoms with E-state index >= 15 is 0 Å². The zero-order valence-electron chi connectivity index (χ0n) is 10.7. The van der Waals surface area contributed by atoms with E-state index in [2.05, 4.69) is 6.92 Å². The molecule has 0 saturated heterocycles. The number of hydrogen-bond donors (Lipinski definition) is 1. The highest BCUT2D eigenvalue weighted by molar-refractivity contribution is 5.30. The number of hydrogen-bond acceptors (Lipinski definition) is 2. The lowest BCUT2D eigenvalue weighted by Gasteiger charge is -2.22. The second-order valence-corrected chi connectivity index (χ2v) is 5.09. The minimum absolute atomic E-state index is 0.200. The van der Waals surface area contributed by atoms with Crippen LogP contribution < -0.4 is 4.74 Å². The van der Waals surface area contributed by atoms with Crippen molar-refractivity contribution in [3.63, 3.8) is 0 Å². The standard InChI is InChI=1S/C14H22O2/c1-5-7-13(15)11-8-6-9-12(10-11)16-14(2,3)4/h6,8-10,13,15H,5,7H2,1-4H3. The first kappa shape index (κ1) is 13.0. The number of ether oxygens (including phenoxy) is 1. The number of aliphatic hydroxyl groups is 1. The molecule has 0 radical (unpaired) electrons. The highest BCUT2D eigenvalue weighted by Gasteiger charge is 2.13. The minimum atomic E-state index is -0.381. The first-order valence-corrected chi connectivity index (χ1v) is 5.89. The van der Waals surface area contributed by atoms with Crippen molar-refractivity contribution in [2.45, 2.75) is 52.2 Å². The van der Waals surface area contributed by atoms with Gasteiger partial charge in [0, 0.05) is 0 Å². The minimum Gasteiger partial charge on any atom is -0.488 e. The summed E-state index contributed by atoms with van der Waals surface area (Å²) in [7, 11) is 0. The zero-order valence-corrected chi connectivity index (χ0v) is 10.7. The van der Waals surface area contributed by atoms with Crippen LogP contribution in [0.1, 0.15) is 52.2 Å². The fourth-order valence-electron chi connectivity index (χ4n) is 1.58. The Kier molecular flexibility index (Phi) is 4.36. The number of benzene rings is 1. The highest BCUT2D eigenvalue weighted by Crippen LogP contribution is 2.24. The summed E-state index contributed by atoms with van der Waals surface area (Å²) in [5.74, 6) is 0.820. The van der Waals surface area contributed by atoms with E-state index in [1.165, 1.54) is 0 Å². The maximum Gasteiger partial charge on any atom is 0.120 e.